The van der Waals surface area contributed by atoms with Crippen molar-refractivity contribution in [3.8, 4) is 11.3 Å². The molecule has 1 N–H and O–H groups in total. The Kier molecular flexibility index (Phi) is 4.00. The Morgan fingerprint density at radius 2 is 1.89 bits per heavy atom. The predicted octanol–water partition coefficient (Wildman–Crippen LogP) is 3.75. The number of hydrogen-bond acceptors (Lipinski definition) is 4. The van der Waals surface area contributed by atoms with Gasteiger partial charge in [-0.3, -0.25) is 0 Å². The molecule has 0 aliphatic carbocycles. The van der Waals surface area contributed by atoms with Crippen LogP contribution in [0.3, 0.4) is 0 Å². The van der Waals surface area contributed by atoms with Gasteiger partial charge in [0.1, 0.15) is 5.69 Å². The SMILES string of the molecule is CC(C)(C)NCc1snnc1-c1ccc(Cl)cc1. The molecule has 0 saturated carbocycles. The van der Waals surface area contributed by atoms with Crippen molar-refractivity contribution in [2.75, 3.05) is 0 Å². The van der Waals surface area contributed by atoms with Crippen molar-refractivity contribution in [2.45, 2.75) is 32.9 Å². The maximum atomic E-state index is 5.89. The van der Waals surface area contributed by atoms with E-state index in [1.807, 2.05) is 24.3 Å². The molecule has 0 fully saturated rings. The quantitative estimate of drug-likeness (QED) is 0.931. The molecule has 96 valence electrons. The van der Waals surface area contributed by atoms with Crippen LogP contribution in [0, 0.1) is 0 Å². The highest BCUT2D eigenvalue weighted by Gasteiger charge is 2.14. The Morgan fingerprint density at radius 1 is 1.22 bits per heavy atom. The van der Waals surface area contributed by atoms with E-state index in [1.165, 1.54) is 11.5 Å². The monoisotopic (exact) mass is 281 g/mol. The molecule has 5 heteroatoms. The highest BCUT2D eigenvalue weighted by Crippen LogP contribution is 2.25. The average molecular weight is 282 g/mol. The van der Waals surface area contributed by atoms with Crippen LogP contribution in [0.2, 0.25) is 5.02 Å². The Bertz CT molecular complexity index is 514. The summed E-state index contributed by atoms with van der Waals surface area (Å²) in [4.78, 5) is 1.15. The van der Waals surface area contributed by atoms with Crippen molar-refractivity contribution in [3.63, 3.8) is 0 Å². The summed E-state index contributed by atoms with van der Waals surface area (Å²) in [5, 5.41) is 8.39. The third-order valence-corrected chi connectivity index (χ3v) is 3.43. The molecular formula is C13H16ClN3S. The minimum Gasteiger partial charge on any atom is -0.307 e. The number of halogens is 1. The smallest absolute Gasteiger partial charge is 0.110 e. The molecule has 1 aromatic heterocycles. The van der Waals surface area contributed by atoms with Gasteiger partial charge in [0.15, 0.2) is 0 Å². The van der Waals surface area contributed by atoms with Gasteiger partial charge in [-0.1, -0.05) is 28.2 Å². The molecule has 0 aliphatic rings. The van der Waals surface area contributed by atoms with Gasteiger partial charge in [-0.2, -0.15) is 0 Å². The van der Waals surface area contributed by atoms with Crippen LogP contribution in [0.1, 0.15) is 25.6 Å². The first kappa shape index (κ1) is 13.5. The van der Waals surface area contributed by atoms with Gasteiger partial charge < -0.3 is 5.32 Å². The highest BCUT2D eigenvalue weighted by molar-refractivity contribution is 7.05. The molecule has 2 rings (SSSR count). The molecule has 1 aromatic carbocycles. The van der Waals surface area contributed by atoms with E-state index in [1.54, 1.807) is 0 Å². The van der Waals surface area contributed by atoms with Gasteiger partial charge in [-0.15, -0.1) is 5.10 Å². The van der Waals surface area contributed by atoms with Gasteiger partial charge in [0.2, 0.25) is 0 Å². The van der Waals surface area contributed by atoms with Gasteiger partial charge >= 0.3 is 0 Å². The van der Waals surface area contributed by atoms with Crippen LogP contribution >= 0.6 is 23.1 Å². The highest BCUT2D eigenvalue weighted by atomic mass is 35.5. The summed E-state index contributed by atoms with van der Waals surface area (Å²) in [6, 6.07) is 7.69. The lowest BCUT2D eigenvalue weighted by molar-refractivity contribution is 0.426. The lowest BCUT2D eigenvalue weighted by Crippen LogP contribution is -2.34. The van der Waals surface area contributed by atoms with Gasteiger partial charge in [-0.25, -0.2) is 0 Å². The number of rotatable bonds is 3. The topological polar surface area (TPSA) is 37.8 Å². The van der Waals surface area contributed by atoms with E-state index in [0.717, 1.165) is 27.7 Å². The first-order valence-electron chi connectivity index (χ1n) is 5.78. The Balaban J connectivity index is 2.20. The zero-order valence-electron chi connectivity index (χ0n) is 10.7. The van der Waals surface area contributed by atoms with E-state index in [9.17, 15) is 0 Å². The molecule has 2 aromatic rings. The van der Waals surface area contributed by atoms with Crippen LogP contribution in [0.25, 0.3) is 11.3 Å². The molecule has 0 atom stereocenters. The predicted molar refractivity (Wildman–Crippen MR) is 76.9 cm³/mol. The first-order valence-corrected chi connectivity index (χ1v) is 6.93. The van der Waals surface area contributed by atoms with E-state index in [-0.39, 0.29) is 5.54 Å². The summed E-state index contributed by atoms with van der Waals surface area (Å²) < 4.78 is 4.04. The molecular weight excluding hydrogens is 266 g/mol. The number of hydrogen-bond donors (Lipinski definition) is 1. The average Bonchev–Trinajstić information content (AvgIpc) is 2.75. The fourth-order valence-corrected chi connectivity index (χ4v) is 2.23. The maximum absolute atomic E-state index is 5.89. The van der Waals surface area contributed by atoms with E-state index >= 15 is 0 Å². The largest absolute Gasteiger partial charge is 0.307 e. The standard InChI is InChI=1S/C13H16ClN3S/c1-13(2,3)15-8-11-12(16-17-18-11)9-4-6-10(14)7-5-9/h4-7,15H,8H2,1-3H3. The summed E-state index contributed by atoms with van der Waals surface area (Å²) in [5.41, 5.74) is 2.08. The Hall–Kier alpha value is -0.970. The van der Waals surface area contributed by atoms with Crippen LogP contribution in [0.4, 0.5) is 0 Å². The molecule has 0 unspecified atom stereocenters. The molecule has 0 saturated heterocycles. The zero-order valence-corrected chi connectivity index (χ0v) is 12.3. The number of benzene rings is 1. The van der Waals surface area contributed by atoms with Gasteiger partial charge in [0.25, 0.3) is 0 Å². The van der Waals surface area contributed by atoms with Crippen molar-refractivity contribution in [3.05, 3.63) is 34.2 Å². The summed E-state index contributed by atoms with van der Waals surface area (Å²) in [6.45, 7) is 7.20. The normalized spacial score (nSPS) is 11.8. The van der Waals surface area contributed by atoms with Crippen molar-refractivity contribution >= 4 is 23.1 Å². The summed E-state index contributed by atoms with van der Waals surface area (Å²) in [6.07, 6.45) is 0. The molecule has 0 spiro atoms. The van der Waals surface area contributed by atoms with Crippen molar-refractivity contribution < 1.29 is 0 Å². The fourth-order valence-electron chi connectivity index (χ4n) is 1.50. The number of nitrogens with one attached hydrogen (secondary N) is 1. The van der Waals surface area contributed by atoms with Crippen LogP contribution in [0.15, 0.2) is 24.3 Å². The van der Waals surface area contributed by atoms with E-state index < -0.39 is 0 Å². The number of nitrogens with zero attached hydrogens (tertiary/aromatic N) is 2. The van der Waals surface area contributed by atoms with Crippen LogP contribution in [0.5, 0.6) is 0 Å². The first-order chi connectivity index (χ1) is 8.46. The summed E-state index contributed by atoms with van der Waals surface area (Å²) in [7, 11) is 0. The summed E-state index contributed by atoms with van der Waals surface area (Å²) in [5.74, 6) is 0. The van der Waals surface area contributed by atoms with Crippen LogP contribution in [-0.4, -0.2) is 15.1 Å². The van der Waals surface area contributed by atoms with Gasteiger partial charge in [-0.05, 0) is 44.4 Å². The van der Waals surface area contributed by atoms with Crippen LogP contribution < -0.4 is 5.32 Å². The minimum atomic E-state index is 0.0846. The molecule has 0 radical (unpaired) electrons. The minimum absolute atomic E-state index is 0.0846. The second kappa shape index (κ2) is 5.34. The van der Waals surface area contributed by atoms with Gasteiger partial charge in [0, 0.05) is 22.7 Å². The molecule has 3 nitrogen and oxygen atoms in total. The Labute approximate surface area is 116 Å². The molecule has 0 bridgehead atoms. The second-order valence-corrected chi connectivity index (χ2v) is 6.43. The van der Waals surface area contributed by atoms with E-state index in [2.05, 4.69) is 35.7 Å². The lowest BCUT2D eigenvalue weighted by atomic mass is 10.1. The third kappa shape index (κ3) is 3.51. The van der Waals surface area contributed by atoms with Crippen molar-refractivity contribution in [1.82, 2.24) is 14.9 Å². The maximum Gasteiger partial charge on any atom is 0.110 e. The lowest BCUT2D eigenvalue weighted by Gasteiger charge is -2.19. The third-order valence-electron chi connectivity index (χ3n) is 2.45. The molecule has 0 aliphatic heterocycles. The number of aromatic nitrogens is 2. The summed E-state index contributed by atoms with van der Waals surface area (Å²) >= 11 is 7.32. The molecule has 18 heavy (non-hydrogen) atoms. The fraction of sp³-hybridized carbons (Fsp3) is 0.385. The molecule has 1 heterocycles. The van der Waals surface area contributed by atoms with Crippen LogP contribution in [-0.2, 0) is 6.54 Å². The molecule has 0 amide bonds. The van der Waals surface area contributed by atoms with Crippen molar-refractivity contribution in [1.29, 1.82) is 0 Å². The van der Waals surface area contributed by atoms with E-state index in [4.69, 9.17) is 11.6 Å². The zero-order chi connectivity index (χ0) is 13.2. The van der Waals surface area contributed by atoms with Gasteiger partial charge in [0.05, 0.1) is 4.88 Å². The second-order valence-electron chi connectivity index (χ2n) is 5.16. The van der Waals surface area contributed by atoms with Crippen molar-refractivity contribution in [2.24, 2.45) is 0 Å². The Morgan fingerprint density at radius 3 is 2.50 bits per heavy atom. The van der Waals surface area contributed by atoms with E-state index in [0.29, 0.717) is 0 Å².